The van der Waals surface area contributed by atoms with Crippen LogP contribution in [0, 0.1) is 29.6 Å². The standard InChI is InChI=1S/C25H52S/c1-8-11-15-20(4)18-22(6)19-21(5)16-12-17-25(26)24(14-10-3)23(7)13-9-2/h20-26H,8-19H2,1-7H3/t20-,21-,22+,23+,24-,25-/m0/s1. The van der Waals surface area contributed by atoms with Gasteiger partial charge in [0.05, 0.1) is 0 Å². The van der Waals surface area contributed by atoms with Crippen molar-refractivity contribution < 1.29 is 0 Å². The molecule has 0 rings (SSSR count). The van der Waals surface area contributed by atoms with Crippen LogP contribution in [0.25, 0.3) is 0 Å². The monoisotopic (exact) mass is 384 g/mol. The Hall–Kier alpha value is 0.350. The van der Waals surface area contributed by atoms with E-state index in [2.05, 4.69) is 48.5 Å². The van der Waals surface area contributed by atoms with Crippen LogP contribution >= 0.6 is 12.6 Å². The lowest BCUT2D eigenvalue weighted by molar-refractivity contribution is 0.286. The highest BCUT2D eigenvalue weighted by Crippen LogP contribution is 2.32. The molecule has 0 aliphatic rings. The molecule has 0 amide bonds. The van der Waals surface area contributed by atoms with E-state index in [-0.39, 0.29) is 0 Å². The molecule has 0 aromatic heterocycles. The van der Waals surface area contributed by atoms with E-state index in [1.165, 1.54) is 77.0 Å². The predicted octanol–water partition coefficient (Wildman–Crippen LogP) is 9.19. The summed E-state index contributed by atoms with van der Waals surface area (Å²) in [5.41, 5.74) is 0. The molecule has 26 heavy (non-hydrogen) atoms. The van der Waals surface area contributed by atoms with Crippen LogP contribution in [-0.2, 0) is 0 Å². The van der Waals surface area contributed by atoms with Crippen LogP contribution in [0.5, 0.6) is 0 Å². The van der Waals surface area contributed by atoms with E-state index in [9.17, 15) is 0 Å². The first-order valence-corrected chi connectivity index (χ1v) is 12.5. The summed E-state index contributed by atoms with van der Waals surface area (Å²) in [5, 5.41) is 0.607. The second kappa shape index (κ2) is 16.3. The quantitative estimate of drug-likeness (QED) is 0.237. The molecule has 0 bridgehead atoms. The van der Waals surface area contributed by atoms with Gasteiger partial charge in [-0.2, -0.15) is 12.6 Å². The van der Waals surface area contributed by atoms with Crippen molar-refractivity contribution in [1.29, 1.82) is 0 Å². The lowest BCUT2D eigenvalue weighted by Crippen LogP contribution is -2.23. The fourth-order valence-corrected chi connectivity index (χ4v) is 5.63. The van der Waals surface area contributed by atoms with Crippen LogP contribution in [-0.4, -0.2) is 5.25 Å². The Morgan fingerprint density at radius 2 is 1.12 bits per heavy atom. The molecular weight excluding hydrogens is 332 g/mol. The van der Waals surface area contributed by atoms with Crippen LogP contribution in [0.3, 0.4) is 0 Å². The molecular formula is C25H52S. The minimum absolute atomic E-state index is 0.607. The van der Waals surface area contributed by atoms with Crippen molar-refractivity contribution in [1.82, 2.24) is 0 Å². The van der Waals surface area contributed by atoms with Crippen molar-refractivity contribution in [2.24, 2.45) is 29.6 Å². The molecule has 0 aromatic carbocycles. The summed E-state index contributed by atoms with van der Waals surface area (Å²) in [7, 11) is 0. The van der Waals surface area contributed by atoms with E-state index in [0.29, 0.717) is 5.25 Å². The zero-order chi connectivity index (χ0) is 19.9. The molecule has 0 saturated heterocycles. The van der Waals surface area contributed by atoms with Gasteiger partial charge in [0.15, 0.2) is 0 Å². The van der Waals surface area contributed by atoms with Gasteiger partial charge >= 0.3 is 0 Å². The molecule has 0 fully saturated rings. The molecule has 0 N–H and O–H groups in total. The molecule has 0 aliphatic heterocycles. The third-order valence-electron chi connectivity index (χ3n) is 6.45. The lowest BCUT2D eigenvalue weighted by Gasteiger charge is -2.29. The van der Waals surface area contributed by atoms with Crippen molar-refractivity contribution >= 4 is 12.6 Å². The third kappa shape index (κ3) is 12.7. The third-order valence-corrected chi connectivity index (χ3v) is 7.09. The van der Waals surface area contributed by atoms with Crippen LogP contribution in [0.4, 0.5) is 0 Å². The van der Waals surface area contributed by atoms with Crippen LogP contribution in [0.1, 0.15) is 126 Å². The number of unbranched alkanes of at least 4 members (excludes halogenated alkanes) is 1. The molecule has 158 valence electrons. The van der Waals surface area contributed by atoms with E-state index in [1.807, 2.05) is 0 Å². The molecule has 0 spiro atoms. The van der Waals surface area contributed by atoms with Crippen molar-refractivity contribution in [3.8, 4) is 0 Å². The molecule has 6 atom stereocenters. The molecule has 0 saturated carbocycles. The van der Waals surface area contributed by atoms with Gasteiger partial charge in [-0.1, -0.05) is 99.8 Å². The number of hydrogen-bond acceptors (Lipinski definition) is 1. The highest BCUT2D eigenvalue weighted by atomic mass is 32.1. The zero-order valence-corrected chi connectivity index (χ0v) is 20.3. The normalized spacial score (nSPS) is 18.9. The second-order valence-electron chi connectivity index (χ2n) is 9.65. The van der Waals surface area contributed by atoms with Gasteiger partial charge in [-0.05, 0) is 55.3 Å². The summed E-state index contributed by atoms with van der Waals surface area (Å²) >= 11 is 5.04. The van der Waals surface area contributed by atoms with E-state index < -0.39 is 0 Å². The van der Waals surface area contributed by atoms with Crippen molar-refractivity contribution in [2.75, 3.05) is 0 Å². The molecule has 1 heteroatoms. The Morgan fingerprint density at radius 3 is 1.62 bits per heavy atom. The van der Waals surface area contributed by atoms with Gasteiger partial charge in [-0.3, -0.25) is 0 Å². The van der Waals surface area contributed by atoms with E-state index in [4.69, 9.17) is 12.6 Å². The van der Waals surface area contributed by atoms with Crippen molar-refractivity contribution in [2.45, 2.75) is 131 Å². The maximum absolute atomic E-state index is 5.04. The smallest absolute Gasteiger partial charge is 0.00476 e. The Labute approximate surface area is 173 Å². The van der Waals surface area contributed by atoms with Crippen LogP contribution in [0.15, 0.2) is 0 Å². The van der Waals surface area contributed by atoms with Gasteiger partial charge in [-0.25, -0.2) is 0 Å². The maximum Gasteiger partial charge on any atom is 0.00476 e. The second-order valence-corrected chi connectivity index (χ2v) is 10.3. The van der Waals surface area contributed by atoms with Gasteiger partial charge in [0.2, 0.25) is 0 Å². The number of rotatable bonds is 17. The minimum atomic E-state index is 0.607. The fraction of sp³-hybridized carbons (Fsp3) is 1.00. The number of thiol groups is 1. The van der Waals surface area contributed by atoms with E-state index in [1.54, 1.807) is 0 Å². The Bertz CT molecular complexity index is 301. The van der Waals surface area contributed by atoms with Gasteiger partial charge < -0.3 is 0 Å². The first-order valence-electron chi connectivity index (χ1n) is 12.0. The average Bonchev–Trinajstić information content (AvgIpc) is 2.57. The van der Waals surface area contributed by atoms with Crippen LogP contribution < -0.4 is 0 Å². The summed E-state index contributed by atoms with van der Waals surface area (Å²) in [5.74, 6) is 4.33. The molecule has 0 unspecified atom stereocenters. The predicted molar refractivity (Wildman–Crippen MR) is 125 cm³/mol. The van der Waals surface area contributed by atoms with E-state index in [0.717, 1.165) is 29.6 Å². The van der Waals surface area contributed by atoms with Crippen LogP contribution in [0.2, 0.25) is 0 Å². The summed E-state index contributed by atoms with van der Waals surface area (Å²) in [6, 6.07) is 0. The molecule has 0 radical (unpaired) electrons. The SMILES string of the molecule is CCCC[C@H](C)C[C@@H](C)C[C@@H](C)CCC[C@H](S)[C@@H](CCC)[C@H](C)CCC. The lowest BCUT2D eigenvalue weighted by atomic mass is 9.81. The molecule has 0 nitrogen and oxygen atoms in total. The van der Waals surface area contributed by atoms with E-state index >= 15 is 0 Å². The summed E-state index contributed by atoms with van der Waals surface area (Å²) in [4.78, 5) is 0. The summed E-state index contributed by atoms with van der Waals surface area (Å²) in [6.07, 6.45) is 16.4. The minimum Gasteiger partial charge on any atom is -0.176 e. The van der Waals surface area contributed by atoms with Gasteiger partial charge in [0.25, 0.3) is 0 Å². The first-order chi connectivity index (χ1) is 12.3. The summed E-state index contributed by atoms with van der Waals surface area (Å²) in [6.45, 7) is 16.8. The molecule has 0 heterocycles. The van der Waals surface area contributed by atoms with Gasteiger partial charge in [0, 0.05) is 5.25 Å². The zero-order valence-electron chi connectivity index (χ0n) is 19.4. The maximum atomic E-state index is 5.04. The Kier molecular flexibility index (Phi) is 16.5. The summed E-state index contributed by atoms with van der Waals surface area (Å²) < 4.78 is 0. The number of hydrogen-bond donors (Lipinski definition) is 1. The largest absolute Gasteiger partial charge is 0.176 e. The van der Waals surface area contributed by atoms with Gasteiger partial charge in [-0.15, -0.1) is 0 Å². The Balaban J connectivity index is 4.11. The van der Waals surface area contributed by atoms with Gasteiger partial charge in [0.1, 0.15) is 0 Å². The fourth-order valence-electron chi connectivity index (χ4n) is 5.01. The highest BCUT2D eigenvalue weighted by molar-refractivity contribution is 7.81. The first kappa shape index (κ1) is 26.4. The average molecular weight is 385 g/mol. The Morgan fingerprint density at radius 1 is 0.577 bits per heavy atom. The topological polar surface area (TPSA) is 0 Å². The molecule has 0 aliphatic carbocycles. The molecule has 0 aromatic rings. The highest BCUT2D eigenvalue weighted by Gasteiger charge is 2.23. The van der Waals surface area contributed by atoms with Crippen molar-refractivity contribution in [3.63, 3.8) is 0 Å². The van der Waals surface area contributed by atoms with Crippen molar-refractivity contribution in [3.05, 3.63) is 0 Å².